The van der Waals surface area contributed by atoms with E-state index in [4.69, 9.17) is 11.6 Å². The number of hydrogen-bond donors (Lipinski definition) is 2. The first-order chi connectivity index (χ1) is 8.65. The SMILES string of the molecule is O=C(NCC[C@H]1CCCN1)c1cc(Cl)cc(Br)c1. The van der Waals surface area contributed by atoms with Crippen LogP contribution in [-0.2, 0) is 0 Å². The van der Waals surface area contributed by atoms with E-state index in [1.165, 1.54) is 12.8 Å². The summed E-state index contributed by atoms with van der Waals surface area (Å²) in [5.41, 5.74) is 0.591. The van der Waals surface area contributed by atoms with E-state index >= 15 is 0 Å². The van der Waals surface area contributed by atoms with Gasteiger partial charge in [-0.3, -0.25) is 4.79 Å². The summed E-state index contributed by atoms with van der Waals surface area (Å²) < 4.78 is 0.817. The van der Waals surface area contributed by atoms with Gasteiger partial charge in [-0.15, -0.1) is 0 Å². The molecule has 0 unspecified atom stereocenters. The van der Waals surface area contributed by atoms with Gasteiger partial charge in [0.1, 0.15) is 0 Å². The molecule has 3 nitrogen and oxygen atoms in total. The van der Waals surface area contributed by atoms with Gasteiger partial charge in [0.25, 0.3) is 5.91 Å². The minimum atomic E-state index is -0.0730. The van der Waals surface area contributed by atoms with Gasteiger partial charge in [0.05, 0.1) is 0 Å². The Hall–Kier alpha value is -0.580. The molecule has 1 amide bonds. The number of nitrogens with one attached hydrogen (secondary N) is 2. The van der Waals surface area contributed by atoms with Crippen molar-refractivity contribution in [2.45, 2.75) is 25.3 Å². The van der Waals surface area contributed by atoms with E-state index in [9.17, 15) is 4.79 Å². The Labute approximate surface area is 120 Å². The van der Waals surface area contributed by atoms with Crippen molar-refractivity contribution in [1.82, 2.24) is 10.6 Å². The topological polar surface area (TPSA) is 41.1 Å². The lowest BCUT2D eigenvalue weighted by molar-refractivity contribution is 0.0952. The fourth-order valence-corrected chi connectivity index (χ4v) is 3.01. The summed E-state index contributed by atoms with van der Waals surface area (Å²) in [6, 6.07) is 5.77. The van der Waals surface area contributed by atoms with Crippen molar-refractivity contribution in [2.75, 3.05) is 13.1 Å². The highest BCUT2D eigenvalue weighted by atomic mass is 79.9. The van der Waals surface area contributed by atoms with E-state index in [0.717, 1.165) is 17.4 Å². The van der Waals surface area contributed by atoms with Crippen molar-refractivity contribution in [3.8, 4) is 0 Å². The van der Waals surface area contributed by atoms with Crippen LogP contribution in [0.3, 0.4) is 0 Å². The second kappa shape index (κ2) is 6.55. The number of benzene rings is 1. The number of hydrogen-bond acceptors (Lipinski definition) is 2. The van der Waals surface area contributed by atoms with Gasteiger partial charge in [0.2, 0.25) is 0 Å². The summed E-state index contributed by atoms with van der Waals surface area (Å²) in [5.74, 6) is -0.0730. The van der Waals surface area contributed by atoms with Crippen molar-refractivity contribution in [3.63, 3.8) is 0 Å². The lowest BCUT2D eigenvalue weighted by Gasteiger charge is -2.11. The Bertz CT molecular complexity index is 413. The van der Waals surface area contributed by atoms with Gasteiger partial charge in [-0.2, -0.15) is 0 Å². The molecule has 1 saturated heterocycles. The van der Waals surface area contributed by atoms with E-state index in [-0.39, 0.29) is 5.91 Å². The molecular formula is C13H16BrClN2O. The van der Waals surface area contributed by atoms with Crippen LogP contribution in [0, 0.1) is 0 Å². The standard InChI is InChI=1S/C13H16BrClN2O/c14-10-6-9(7-11(15)8-10)13(18)17-5-3-12-2-1-4-16-12/h6-8,12,16H,1-5H2,(H,17,18)/t12-/m1/s1. The smallest absolute Gasteiger partial charge is 0.251 e. The molecular weight excluding hydrogens is 316 g/mol. The number of halogens is 2. The first kappa shape index (κ1) is 13.8. The highest BCUT2D eigenvalue weighted by Gasteiger charge is 2.14. The maximum Gasteiger partial charge on any atom is 0.251 e. The fourth-order valence-electron chi connectivity index (χ4n) is 2.15. The zero-order valence-corrected chi connectivity index (χ0v) is 12.4. The van der Waals surface area contributed by atoms with Gasteiger partial charge in [-0.25, -0.2) is 0 Å². The molecule has 2 N–H and O–H groups in total. The second-order valence-electron chi connectivity index (χ2n) is 4.50. The molecule has 0 spiro atoms. The van der Waals surface area contributed by atoms with E-state index in [1.54, 1.807) is 18.2 Å². The highest BCUT2D eigenvalue weighted by molar-refractivity contribution is 9.10. The Kier molecular flexibility index (Phi) is 5.03. The molecule has 1 aromatic rings. The fraction of sp³-hybridized carbons (Fsp3) is 0.462. The zero-order valence-electron chi connectivity index (χ0n) is 10.0. The summed E-state index contributed by atoms with van der Waals surface area (Å²) in [5, 5.41) is 6.89. The maximum absolute atomic E-state index is 11.9. The quantitative estimate of drug-likeness (QED) is 0.890. The molecule has 0 aromatic heterocycles. The van der Waals surface area contributed by atoms with Crippen molar-refractivity contribution in [1.29, 1.82) is 0 Å². The van der Waals surface area contributed by atoms with Crippen LogP contribution in [0.1, 0.15) is 29.6 Å². The van der Waals surface area contributed by atoms with E-state index in [2.05, 4.69) is 26.6 Å². The molecule has 18 heavy (non-hydrogen) atoms. The van der Waals surface area contributed by atoms with Crippen LogP contribution in [0.15, 0.2) is 22.7 Å². The van der Waals surface area contributed by atoms with Crippen LogP contribution in [0.25, 0.3) is 0 Å². The summed E-state index contributed by atoms with van der Waals surface area (Å²) in [7, 11) is 0. The van der Waals surface area contributed by atoms with E-state index in [1.807, 2.05) is 0 Å². The Balaban J connectivity index is 1.83. The summed E-state index contributed by atoms with van der Waals surface area (Å²) >= 11 is 9.24. The molecule has 1 fully saturated rings. The van der Waals surface area contributed by atoms with Crippen LogP contribution in [0.2, 0.25) is 5.02 Å². The molecule has 0 saturated carbocycles. The third-order valence-corrected chi connectivity index (χ3v) is 3.74. The van der Waals surface area contributed by atoms with Crippen molar-refractivity contribution >= 4 is 33.4 Å². The van der Waals surface area contributed by atoms with Crippen LogP contribution < -0.4 is 10.6 Å². The van der Waals surface area contributed by atoms with Gasteiger partial charge < -0.3 is 10.6 Å². The van der Waals surface area contributed by atoms with Gasteiger partial charge in [0, 0.05) is 27.6 Å². The number of amides is 1. The molecule has 1 aliphatic heterocycles. The van der Waals surface area contributed by atoms with Crippen LogP contribution in [0.4, 0.5) is 0 Å². The second-order valence-corrected chi connectivity index (χ2v) is 5.85. The average molecular weight is 332 g/mol. The lowest BCUT2D eigenvalue weighted by Crippen LogP contribution is -2.30. The summed E-state index contributed by atoms with van der Waals surface area (Å²) in [4.78, 5) is 11.9. The molecule has 0 bridgehead atoms. The summed E-state index contributed by atoms with van der Waals surface area (Å²) in [6.07, 6.45) is 3.42. The number of rotatable bonds is 4. The lowest BCUT2D eigenvalue weighted by atomic mass is 10.1. The van der Waals surface area contributed by atoms with E-state index in [0.29, 0.717) is 23.2 Å². The molecule has 98 valence electrons. The van der Waals surface area contributed by atoms with E-state index < -0.39 is 0 Å². The Morgan fingerprint density at radius 3 is 3.00 bits per heavy atom. The highest BCUT2D eigenvalue weighted by Crippen LogP contribution is 2.19. The predicted octanol–water partition coefficient (Wildman–Crippen LogP) is 2.97. The minimum absolute atomic E-state index is 0.0730. The molecule has 5 heteroatoms. The van der Waals surface area contributed by atoms with Gasteiger partial charge >= 0.3 is 0 Å². The molecule has 1 atom stereocenters. The minimum Gasteiger partial charge on any atom is -0.352 e. The third-order valence-electron chi connectivity index (χ3n) is 3.07. The first-order valence-electron chi connectivity index (χ1n) is 6.13. The van der Waals surface area contributed by atoms with Gasteiger partial charge in [-0.1, -0.05) is 27.5 Å². The molecule has 1 heterocycles. The summed E-state index contributed by atoms with van der Waals surface area (Å²) in [6.45, 7) is 1.79. The predicted molar refractivity (Wildman–Crippen MR) is 77.1 cm³/mol. The van der Waals surface area contributed by atoms with Gasteiger partial charge in [0.15, 0.2) is 0 Å². The average Bonchev–Trinajstić information content (AvgIpc) is 2.80. The number of carbonyl (C=O) groups is 1. The maximum atomic E-state index is 11.9. The molecule has 0 radical (unpaired) electrons. The largest absolute Gasteiger partial charge is 0.352 e. The van der Waals surface area contributed by atoms with Crippen LogP contribution >= 0.6 is 27.5 Å². The van der Waals surface area contributed by atoms with Crippen molar-refractivity contribution in [3.05, 3.63) is 33.3 Å². The number of carbonyl (C=O) groups excluding carboxylic acids is 1. The van der Waals surface area contributed by atoms with Crippen molar-refractivity contribution < 1.29 is 4.79 Å². The first-order valence-corrected chi connectivity index (χ1v) is 7.30. The Morgan fingerprint density at radius 1 is 1.50 bits per heavy atom. The molecule has 1 aliphatic rings. The molecule has 1 aromatic carbocycles. The van der Waals surface area contributed by atoms with Crippen molar-refractivity contribution in [2.24, 2.45) is 0 Å². The molecule has 0 aliphatic carbocycles. The van der Waals surface area contributed by atoms with Gasteiger partial charge in [-0.05, 0) is 44.0 Å². The normalized spacial score (nSPS) is 18.9. The monoisotopic (exact) mass is 330 g/mol. The third kappa shape index (κ3) is 3.97. The zero-order chi connectivity index (χ0) is 13.0. The van der Waals surface area contributed by atoms with Crippen LogP contribution in [-0.4, -0.2) is 25.0 Å². The molecule has 2 rings (SSSR count). The van der Waals surface area contributed by atoms with Crippen LogP contribution in [0.5, 0.6) is 0 Å². The Morgan fingerprint density at radius 2 is 2.33 bits per heavy atom.